The molecule has 0 aliphatic rings. The topological polar surface area (TPSA) is 66.5 Å². The highest BCUT2D eigenvalue weighted by Crippen LogP contribution is 2.41. The predicted octanol–water partition coefficient (Wildman–Crippen LogP) is 3.05. The number of hydrogen-bond acceptors (Lipinski definition) is 4. The average Bonchev–Trinajstić information content (AvgIpc) is 2.29. The van der Waals surface area contributed by atoms with Crippen molar-refractivity contribution in [1.82, 2.24) is 0 Å². The first-order chi connectivity index (χ1) is 8.57. The van der Waals surface area contributed by atoms with Gasteiger partial charge in [-0.1, -0.05) is 0 Å². The molecule has 0 saturated heterocycles. The molecule has 1 atom stereocenters. The lowest BCUT2D eigenvalue weighted by Gasteiger charge is -2.22. The van der Waals surface area contributed by atoms with E-state index < -0.39 is 47.2 Å². The molecule has 0 saturated carbocycles. The van der Waals surface area contributed by atoms with Gasteiger partial charge in [0.05, 0.1) is 0 Å². The van der Waals surface area contributed by atoms with Gasteiger partial charge in [0, 0.05) is 10.5 Å². The van der Waals surface area contributed by atoms with Gasteiger partial charge in [0.25, 0.3) is 5.92 Å². The van der Waals surface area contributed by atoms with Crippen molar-refractivity contribution in [3.05, 3.63) is 23.8 Å². The standard InChI is InChI=1S/C10H10F5NO2S.ClH/c11-9(12,4-17)8(16)6-3-5(1-2-7(6)18)19-10(13,14)15;/h1-3,8,17-18H,4,16H2;1H/t8-;/m1./s1. The van der Waals surface area contributed by atoms with E-state index in [-0.39, 0.29) is 17.3 Å². The van der Waals surface area contributed by atoms with Crippen molar-refractivity contribution in [2.45, 2.75) is 22.4 Å². The Morgan fingerprint density at radius 2 is 1.75 bits per heavy atom. The summed E-state index contributed by atoms with van der Waals surface area (Å²) in [5.74, 6) is -4.41. The number of nitrogens with two attached hydrogens (primary N) is 1. The van der Waals surface area contributed by atoms with Crippen molar-refractivity contribution >= 4 is 24.2 Å². The molecule has 1 aromatic rings. The zero-order valence-corrected chi connectivity index (χ0v) is 11.3. The Morgan fingerprint density at radius 1 is 1.20 bits per heavy atom. The molecular weight excluding hydrogens is 329 g/mol. The molecule has 0 bridgehead atoms. The number of rotatable bonds is 4. The van der Waals surface area contributed by atoms with Gasteiger partial charge in [0.1, 0.15) is 18.4 Å². The molecule has 0 amide bonds. The van der Waals surface area contributed by atoms with E-state index in [2.05, 4.69) is 0 Å². The molecule has 0 fully saturated rings. The van der Waals surface area contributed by atoms with Crippen molar-refractivity contribution in [3.8, 4) is 5.75 Å². The minimum atomic E-state index is -4.59. The second-order valence-corrected chi connectivity index (χ2v) is 4.80. The molecule has 0 aromatic heterocycles. The number of halogens is 6. The summed E-state index contributed by atoms with van der Waals surface area (Å²) in [6.07, 6.45) is 0. The van der Waals surface area contributed by atoms with Crippen molar-refractivity contribution in [3.63, 3.8) is 0 Å². The smallest absolute Gasteiger partial charge is 0.446 e. The molecule has 0 radical (unpaired) electrons. The van der Waals surface area contributed by atoms with Crippen LogP contribution in [0, 0.1) is 0 Å². The fourth-order valence-corrected chi connectivity index (χ4v) is 1.89. The van der Waals surface area contributed by atoms with Gasteiger partial charge in [-0.2, -0.15) is 13.2 Å². The van der Waals surface area contributed by atoms with Gasteiger partial charge >= 0.3 is 5.51 Å². The molecule has 1 aromatic carbocycles. The quantitative estimate of drug-likeness (QED) is 0.582. The molecule has 10 heteroatoms. The maximum absolute atomic E-state index is 13.2. The van der Waals surface area contributed by atoms with Crippen LogP contribution in [0.3, 0.4) is 0 Å². The van der Waals surface area contributed by atoms with Gasteiger partial charge in [-0.25, -0.2) is 8.78 Å². The van der Waals surface area contributed by atoms with Crippen molar-refractivity contribution in [2.24, 2.45) is 5.73 Å². The highest BCUT2D eigenvalue weighted by atomic mass is 35.5. The zero-order valence-electron chi connectivity index (χ0n) is 9.69. The molecule has 0 aliphatic carbocycles. The number of thioether (sulfide) groups is 1. The van der Waals surface area contributed by atoms with E-state index >= 15 is 0 Å². The first-order valence-electron chi connectivity index (χ1n) is 4.90. The number of alkyl halides is 5. The zero-order chi connectivity index (χ0) is 14.8. The van der Waals surface area contributed by atoms with E-state index in [0.717, 1.165) is 18.2 Å². The maximum atomic E-state index is 13.2. The summed E-state index contributed by atoms with van der Waals surface area (Å²) in [6, 6.07) is 0.394. The van der Waals surface area contributed by atoms with E-state index in [0.29, 0.717) is 0 Å². The Labute approximate surface area is 121 Å². The van der Waals surface area contributed by atoms with Crippen LogP contribution in [0.25, 0.3) is 0 Å². The number of benzene rings is 1. The Hall–Kier alpha value is -0.770. The summed E-state index contributed by atoms with van der Waals surface area (Å²) in [5.41, 5.74) is 0.00902. The molecule has 3 nitrogen and oxygen atoms in total. The van der Waals surface area contributed by atoms with Crippen LogP contribution >= 0.6 is 24.2 Å². The van der Waals surface area contributed by atoms with Crippen molar-refractivity contribution in [1.29, 1.82) is 0 Å². The highest BCUT2D eigenvalue weighted by molar-refractivity contribution is 8.00. The molecule has 1 rings (SSSR count). The van der Waals surface area contributed by atoms with E-state index in [4.69, 9.17) is 10.8 Å². The number of aromatic hydroxyl groups is 1. The fourth-order valence-electron chi connectivity index (χ4n) is 1.30. The second-order valence-electron chi connectivity index (χ2n) is 3.67. The fraction of sp³-hybridized carbons (Fsp3) is 0.400. The lowest BCUT2D eigenvalue weighted by Crippen LogP contribution is -2.36. The summed E-state index contributed by atoms with van der Waals surface area (Å²) in [4.78, 5) is -0.385. The van der Waals surface area contributed by atoms with Gasteiger partial charge in [-0.05, 0) is 30.0 Å². The van der Waals surface area contributed by atoms with Gasteiger partial charge in [0.15, 0.2) is 0 Å². The first-order valence-corrected chi connectivity index (χ1v) is 5.71. The third kappa shape index (κ3) is 4.97. The highest BCUT2D eigenvalue weighted by Gasteiger charge is 2.39. The Kier molecular flexibility index (Phi) is 6.53. The van der Waals surface area contributed by atoms with Crippen LogP contribution < -0.4 is 5.73 Å². The first kappa shape index (κ1) is 19.2. The van der Waals surface area contributed by atoms with Crippen LogP contribution in [-0.4, -0.2) is 28.3 Å². The van der Waals surface area contributed by atoms with Gasteiger partial charge in [-0.15, -0.1) is 12.4 Å². The van der Waals surface area contributed by atoms with Crippen LogP contribution in [0.15, 0.2) is 23.1 Å². The average molecular weight is 340 g/mol. The van der Waals surface area contributed by atoms with Gasteiger partial charge in [-0.3, -0.25) is 0 Å². The predicted molar refractivity (Wildman–Crippen MR) is 66.2 cm³/mol. The van der Waals surface area contributed by atoms with Crippen LogP contribution in [0.2, 0.25) is 0 Å². The van der Waals surface area contributed by atoms with Crippen LogP contribution in [0.4, 0.5) is 22.0 Å². The van der Waals surface area contributed by atoms with Crippen LogP contribution in [0.5, 0.6) is 5.75 Å². The molecule has 0 heterocycles. The van der Waals surface area contributed by atoms with Gasteiger partial charge in [0.2, 0.25) is 0 Å². The largest absolute Gasteiger partial charge is 0.508 e. The normalized spacial score (nSPS) is 13.8. The van der Waals surface area contributed by atoms with Crippen LogP contribution in [-0.2, 0) is 0 Å². The number of hydrogen-bond donors (Lipinski definition) is 3. The minimum Gasteiger partial charge on any atom is -0.508 e. The number of phenolic OH excluding ortho intramolecular Hbond substituents is 1. The summed E-state index contributed by atoms with van der Waals surface area (Å²) in [7, 11) is 0. The summed E-state index contributed by atoms with van der Waals surface area (Å²) in [6.45, 7) is -1.58. The van der Waals surface area contributed by atoms with E-state index in [1.54, 1.807) is 0 Å². The van der Waals surface area contributed by atoms with E-state index in [1.165, 1.54) is 0 Å². The van der Waals surface area contributed by atoms with E-state index in [1.807, 2.05) is 0 Å². The number of aliphatic hydroxyl groups excluding tert-OH is 1. The molecular formula is C10H11ClF5NO2S. The summed E-state index contributed by atoms with van der Waals surface area (Å²) in [5, 5.41) is 17.9. The third-order valence-electron chi connectivity index (χ3n) is 2.23. The molecule has 116 valence electrons. The maximum Gasteiger partial charge on any atom is 0.446 e. The van der Waals surface area contributed by atoms with Crippen LogP contribution in [0.1, 0.15) is 11.6 Å². The second kappa shape index (κ2) is 6.79. The molecule has 4 N–H and O–H groups in total. The van der Waals surface area contributed by atoms with Gasteiger partial charge < -0.3 is 15.9 Å². The third-order valence-corrected chi connectivity index (χ3v) is 2.95. The monoisotopic (exact) mass is 339 g/mol. The van der Waals surface area contributed by atoms with Crippen molar-refractivity contribution < 1.29 is 32.2 Å². The molecule has 0 aliphatic heterocycles. The minimum absolute atomic E-state index is 0. The molecule has 0 spiro atoms. The van der Waals surface area contributed by atoms with Crippen molar-refractivity contribution in [2.75, 3.05) is 6.61 Å². The Balaban J connectivity index is 0.00000361. The van der Waals surface area contributed by atoms with E-state index in [9.17, 15) is 27.1 Å². The lowest BCUT2D eigenvalue weighted by molar-refractivity contribution is -0.0716. The lowest BCUT2D eigenvalue weighted by atomic mass is 10.0. The Bertz CT molecular complexity index is 458. The number of aliphatic hydroxyl groups is 1. The molecule has 20 heavy (non-hydrogen) atoms. The SMILES string of the molecule is Cl.N[C@H](c1cc(SC(F)(F)F)ccc1O)C(F)(F)CO. The number of phenols is 1. The summed E-state index contributed by atoms with van der Waals surface area (Å²) >= 11 is -0.515. The Morgan fingerprint density at radius 3 is 2.20 bits per heavy atom. The summed E-state index contributed by atoms with van der Waals surface area (Å²) < 4.78 is 62.8. The molecule has 0 unspecified atom stereocenters.